The average Bonchev–Trinajstić information content (AvgIpc) is 2.29. The van der Waals surface area contributed by atoms with E-state index >= 15 is 0 Å². The van der Waals surface area contributed by atoms with Gasteiger partial charge in [-0.2, -0.15) is 0 Å². The van der Waals surface area contributed by atoms with Crippen molar-refractivity contribution >= 4 is 36.7 Å². The predicted octanol–water partition coefficient (Wildman–Crippen LogP) is 1.24. The van der Waals surface area contributed by atoms with Crippen LogP contribution in [-0.4, -0.2) is 34.2 Å². The van der Waals surface area contributed by atoms with Gasteiger partial charge in [-0.05, 0) is 57.0 Å². The summed E-state index contributed by atoms with van der Waals surface area (Å²) in [4.78, 5) is 0. The molecule has 0 spiro atoms. The van der Waals surface area contributed by atoms with Crippen molar-refractivity contribution in [2.24, 2.45) is 0 Å². The Hall–Kier alpha value is -1.27. The number of anilines is 2. The number of thiocarbonyl (C=S) groups is 1. The zero-order valence-corrected chi connectivity index (χ0v) is 11.5. The van der Waals surface area contributed by atoms with Crippen molar-refractivity contribution in [3.8, 4) is 0 Å². The number of rotatable bonds is 2. The van der Waals surface area contributed by atoms with E-state index in [1.807, 2.05) is 46.3 Å². The van der Waals surface area contributed by atoms with Crippen LogP contribution in [0.5, 0.6) is 0 Å². The van der Waals surface area contributed by atoms with Gasteiger partial charge in [0.2, 0.25) is 7.98 Å². The van der Waals surface area contributed by atoms with Crippen LogP contribution in [0.1, 0.15) is 5.56 Å². The van der Waals surface area contributed by atoms with E-state index in [2.05, 4.69) is 21.2 Å². The van der Waals surface area contributed by atoms with Crippen molar-refractivity contribution in [1.29, 1.82) is 0 Å². The molecule has 0 amide bonds. The summed E-state index contributed by atoms with van der Waals surface area (Å²) in [5, 5.41) is 11.5. The quantitative estimate of drug-likeness (QED) is 0.470. The summed E-state index contributed by atoms with van der Waals surface area (Å²) < 4.78 is 0. The van der Waals surface area contributed by atoms with Crippen molar-refractivity contribution in [1.82, 2.24) is 10.5 Å². The Morgan fingerprint density at radius 3 is 2.12 bits per heavy atom. The van der Waals surface area contributed by atoms with Gasteiger partial charge in [0, 0.05) is 18.4 Å². The summed E-state index contributed by atoms with van der Waals surface area (Å²) in [6.45, 7) is 2.02. The molecule has 0 saturated carbocycles. The minimum Gasteiger partial charge on any atom is -0.415 e. The fourth-order valence-corrected chi connectivity index (χ4v) is 1.28. The molecule has 0 fully saturated rings. The molecule has 17 heavy (non-hydrogen) atoms. The van der Waals surface area contributed by atoms with Gasteiger partial charge < -0.3 is 21.2 Å². The highest BCUT2D eigenvalue weighted by Crippen LogP contribution is 2.17. The van der Waals surface area contributed by atoms with Crippen LogP contribution in [0.25, 0.3) is 0 Å². The van der Waals surface area contributed by atoms with Gasteiger partial charge in [0.15, 0.2) is 5.11 Å². The fourth-order valence-electron chi connectivity index (χ4n) is 1.17. The van der Waals surface area contributed by atoms with Crippen molar-refractivity contribution in [3.05, 3.63) is 23.8 Å². The maximum absolute atomic E-state index is 5.16. The molecule has 92 valence electrons. The topological polar surface area (TPSA) is 48.1 Å². The Bertz CT molecular complexity index is 357. The van der Waals surface area contributed by atoms with E-state index in [0.29, 0.717) is 5.11 Å². The summed E-state index contributed by atoms with van der Waals surface area (Å²) in [5.74, 6) is 0. The molecule has 0 unspecified atom stereocenters. The van der Waals surface area contributed by atoms with Crippen LogP contribution in [0.2, 0.25) is 0 Å². The van der Waals surface area contributed by atoms with Crippen molar-refractivity contribution in [2.75, 3.05) is 31.8 Å². The van der Waals surface area contributed by atoms with E-state index in [0.717, 1.165) is 16.9 Å². The molecule has 0 aliphatic carbocycles. The molecule has 0 aliphatic heterocycles. The summed E-state index contributed by atoms with van der Waals surface area (Å²) in [6, 6.07) is 5.99. The summed E-state index contributed by atoms with van der Waals surface area (Å²) >= 11 is 4.89. The van der Waals surface area contributed by atoms with Gasteiger partial charge in [-0.3, -0.25) is 0 Å². The predicted molar refractivity (Wildman–Crippen MR) is 80.8 cm³/mol. The molecule has 1 aromatic rings. The van der Waals surface area contributed by atoms with Crippen LogP contribution in [0.15, 0.2) is 18.2 Å². The molecule has 4 N–H and O–H groups in total. The van der Waals surface area contributed by atoms with Gasteiger partial charge in [0.1, 0.15) is 0 Å². The Kier molecular flexibility index (Phi) is 8.18. The molecule has 1 rings (SSSR count). The van der Waals surface area contributed by atoms with E-state index < -0.39 is 0 Å². The highest BCUT2D eigenvalue weighted by molar-refractivity contribution is 7.80. The first-order valence-electron chi connectivity index (χ1n) is 5.22. The van der Waals surface area contributed by atoms with Gasteiger partial charge >= 0.3 is 0 Å². The molecule has 0 aromatic heterocycles. The zero-order valence-electron chi connectivity index (χ0n) is 10.7. The SMILES string of the molecule is CNC.[B]NC(=S)Nc1cc(C)cc(NC)c1. The minimum atomic E-state index is 0.401. The second-order valence-corrected chi connectivity index (χ2v) is 3.84. The average molecular weight is 250 g/mol. The summed E-state index contributed by atoms with van der Waals surface area (Å²) in [7, 11) is 10.8. The normalized spacial score (nSPS) is 8.71. The summed E-state index contributed by atoms with van der Waals surface area (Å²) in [6.07, 6.45) is 0. The van der Waals surface area contributed by atoms with Crippen LogP contribution in [-0.2, 0) is 0 Å². The lowest BCUT2D eigenvalue weighted by molar-refractivity contribution is 1.02. The summed E-state index contributed by atoms with van der Waals surface area (Å²) in [5.41, 5.74) is 3.10. The van der Waals surface area contributed by atoms with Gasteiger partial charge in [0.25, 0.3) is 0 Å². The van der Waals surface area contributed by atoms with E-state index in [1.54, 1.807) is 0 Å². The molecule has 0 bridgehead atoms. The third kappa shape index (κ3) is 6.81. The Morgan fingerprint density at radius 2 is 1.65 bits per heavy atom. The molecule has 6 heteroatoms. The maximum atomic E-state index is 5.16. The van der Waals surface area contributed by atoms with Crippen molar-refractivity contribution < 1.29 is 0 Å². The molecule has 1 aromatic carbocycles. The second kappa shape index (κ2) is 8.84. The van der Waals surface area contributed by atoms with Gasteiger partial charge in [-0.1, -0.05) is 0 Å². The first-order chi connectivity index (χ1) is 8.07. The lowest BCUT2D eigenvalue weighted by atomic mass is 10.2. The van der Waals surface area contributed by atoms with Crippen LogP contribution in [0, 0.1) is 6.92 Å². The van der Waals surface area contributed by atoms with Gasteiger partial charge in [-0.15, -0.1) is 0 Å². The number of hydrogen-bond donors (Lipinski definition) is 4. The highest BCUT2D eigenvalue weighted by atomic mass is 32.1. The van der Waals surface area contributed by atoms with Crippen molar-refractivity contribution in [2.45, 2.75) is 6.92 Å². The number of nitrogens with one attached hydrogen (secondary N) is 4. The fraction of sp³-hybridized carbons (Fsp3) is 0.364. The van der Waals surface area contributed by atoms with Crippen LogP contribution in [0.3, 0.4) is 0 Å². The number of benzene rings is 1. The van der Waals surface area contributed by atoms with Crippen molar-refractivity contribution in [3.63, 3.8) is 0 Å². The monoisotopic (exact) mass is 250 g/mol. The Balaban J connectivity index is 0.000000770. The molecular weight excluding hydrogens is 231 g/mol. The van der Waals surface area contributed by atoms with Crippen LogP contribution in [0.4, 0.5) is 11.4 Å². The molecular formula is C11H19BN4S. The molecule has 0 saturated heterocycles. The minimum absolute atomic E-state index is 0.401. The Morgan fingerprint density at radius 1 is 1.12 bits per heavy atom. The lowest BCUT2D eigenvalue weighted by Crippen LogP contribution is -2.25. The maximum Gasteiger partial charge on any atom is 0.225 e. The first kappa shape index (κ1) is 15.7. The zero-order chi connectivity index (χ0) is 13.3. The first-order valence-corrected chi connectivity index (χ1v) is 5.63. The van der Waals surface area contributed by atoms with E-state index in [1.165, 1.54) is 0 Å². The van der Waals surface area contributed by atoms with Crippen LogP contribution < -0.4 is 21.2 Å². The highest BCUT2D eigenvalue weighted by Gasteiger charge is 1.98. The van der Waals surface area contributed by atoms with Gasteiger partial charge in [-0.25, -0.2) is 0 Å². The Labute approximate surface area is 110 Å². The smallest absolute Gasteiger partial charge is 0.225 e. The largest absolute Gasteiger partial charge is 0.415 e. The lowest BCUT2D eigenvalue weighted by Gasteiger charge is -2.10. The van der Waals surface area contributed by atoms with E-state index in [-0.39, 0.29) is 0 Å². The molecule has 4 nitrogen and oxygen atoms in total. The third-order valence-corrected chi connectivity index (χ3v) is 1.97. The standard InChI is InChI=1S/C9H12BN3S.C2H7N/c1-6-3-7(11-2)5-8(4-6)12-9(14)13-10;1-3-2/h3-5,11H,1-2H3,(H2,12,13,14);3H,1-2H3. The second-order valence-electron chi connectivity index (χ2n) is 3.44. The molecule has 0 atom stereocenters. The van der Waals surface area contributed by atoms with Crippen LogP contribution >= 0.6 is 12.2 Å². The number of aryl methyl sites for hydroxylation is 1. The van der Waals surface area contributed by atoms with E-state index in [9.17, 15) is 0 Å². The third-order valence-electron chi connectivity index (χ3n) is 1.75. The van der Waals surface area contributed by atoms with Gasteiger partial charge in [0.05, 0.1) is 0 Å². The van der Waals surface area contributed by atoms with E-state index in [4.69, 9.17) is 20.2 Å². The molecule has 2 radical (unpaired) electrons. The number of hydrogen-bond acceptors (Lipinski definition) is 3. The molecule has 0 heterocycles. The molecule has 0 aliphatic rings.